The van der Waals surface area contributed by atoms with Gasteiger partial charge in [0.2, 0.25) is 34.8 Å². The van der Waals surface area contributed by atoms with Crippen LogP contribution < -0.4 is 4.74 Å². The average Bonchev–Trinajstić information content (AvgIpc) is 2.55. The molecule has 0 unspecified atom stereocenters. The Labute approximate surface area is 122 Å². The highest BCUT2D eigenvalue weighted by molar-refractivity contribution is 5.80. The lowest BCUT2D eigenvalue weighted by Crippen LogP contribution is -2.19. The Balaban J connectivity index is 2.34. The number of rotatable bonds is 3. The smallest absolute Gasteiger partial charge is 0.318 e. The number of hydrogen-bond acceptors (Lipinski definition) is 2. The maximum atomic E-state index is 13.4. The van der Waals surface area contributed by atoms with Crippen LogP contribution in [0.25, 0.3) is 0 Å². The normalized spacial score (nSPS) is 12.1. The minimum absolute atomic E-state index is 0.469. The molecule has 2 aromatic carbocycles. The molecule has 0 saturated carbocycles. The van der Waals surface area contributed by atoms with Crippen molar-refractivity contribution in [3.05, 3.63) is 65.0 Å². The van der Waals surface area contributed by atoms with Gasteiger partial charge in [0.1, 0.15) is 0 Å². The number of hydrogen-bond donors (Lipinski definition) is 0. The lowest BCUT2D eigenvalue weighted by atomic mass is 10.0. The fraction of sp³-hybridized carbons (Fsp3) is 0.133. The van der Waals surface area contributed by atoms with Crippen LogP contribution in [0.4, 0.5) is 22.0 Å². The van der Waals surface area contributed by atoms with E-state index in [9.17, 15) is 26.7 Å². The van der Waals surface area contributed by atoms with Crippen LogP contribution >= 0.6 is 0 Å². The molecule has 0 amide bonds. The summed E-state index contributed by atoms with van der Waals surface area (Å²) in [4.78, 5) is 11.8. The minimum atomic E-state index is -2.31. The molecule has 2 nitrogen and oxygen atoms in total. The van der Waals surface area contributed by atoms with Crippen LogP contribution in [-0.4, -0.2) is 5.97 Å². The first-order valence-electron chi connectivity index (χ1n) is 6.12. The largest absolute Gasteiger partial charge is 0.420 e. The molecule has 116 valence electrons. The van der Waals surface area contributed by atoms with Crippen molar-refractivity contribution >= 4 is 5.97 Å². The number of benzene rings is 2. The van der Waals surface area contributed by atoms with Crippen molar-refractivity contribution in [1.82, 2.24) is 0 Å². The zero-order valence-electron chi connectivity index (χ0n) is 11.2. The summed E-state index contributed by atoms with van der Waals surface area (Å²) in [5, 5.41) is 0. The van der Waals surface area contributed by atoms with Gasteiger partial charge in [-0.25, -0.2) is 13.2 Å². The zero-order chi connectivity index (χ0) is 16.4. The Morgan fingerprint density at radius 1 is 0.864 bits per heavy atom. The van der Waals surface area contributed by atoms with E-state index < -0.39 is 46.7 Å². The van der Waals surface area contributed by atoms with Crippen molar-refractivity contribution < 1.29 is 31.5 Å². The summed E-state index contributed by atoms with van der Waals surface area (Å²) in [5.41, 5.74) is 0.469. The molecule has 0 aliphatic carbocycles. The molecule has 7 heteroatoms. The lowest BCUT2D eigenvalue weighted by Gasteiger charge is -2.13. The maximum absolute atomic E-state index is 13.4. The molecule has 0 spiro atoms. The van der Waals surface area contributed by atoms with Gasteiger partial charge in [-0.15, -0.1) is 0 Å². The highest BCUT2D eigenvalue weighted by atomic mass is 19.2. The van der Waals surface area contributed by atoms with Crippen molar-refractivity contribution in [2.24, 2.45) is 0 Å². The molecule has 0 bridgehead atoms. The van der Waals surface area contributed by atoms with Crippen LogP contribution in [0.5, 0.6) is 5.75 Å². The number of halogens is 5. The second kappa shape index (κ2) is 6.13. The third-order valence-corrected chi connectivity index (χ3v) is 3.03. The van der Waals surface area contributed by atoms with Crippen molar-refractivity contribution in [1.29, 1.82) is 0 Å². The summed E-state index contributed by atoms with van der Waals surface area (Å²) >= 11 is 0. The fourth-order valence-corrected chi connectivity index (χ4v) is 1.74. The Morgan fingerprint density at radius 2 is 1.32 bits per heavy atom. The Hall–Kier alpha value is -2.44. The van der Waals surface area contributed by atoms with E-state index in [2.05, 4.69) is 4.74 Å². The predicted molar refractivity (Wildman–Crippen MR) is 66.7 cm³/mol. The predicted octanol–water partition coefficient (Wildman–Crippen LogP) is 4.09. The zero-order valence-corrected chi connectivity index (χ0v) is 11.2. The average molecular weight is 316 g/mol. The highest BCUT2D eigenvalue weighted by Crippen LogP contribution is 2.30. The van der Waals surface area contributed by atoms with E-state index in [4.69, 9.17) is 0 Å². The van der Waals surface area contributed by atoms with Crippen LogP contribution in [-0.2, 0) is 4.79 Å². The van der Waals surface area contributed by atoms with E-state index in [1.54, 1.807) is 30.3 Å². The first-order valence-corrected chi connectivity index (χ1v) is 6.12. The molecular weight excluding hydrogens is 307 g/mol. The van der Waals surface area contributed by atoms with E-state index in [-0.39, 0.29) is 0 Å². The maximum Gasteiger partial charge on any atom is 0.318 e. The number of carbonyl (C=O) groups excluding carboxylic acids is 1. The molecule has 0 aromatic heterocycles. The lowest BCUT2D eigenvalue weighted by molar-refractivity contribution is -0.136. The molecule has 2 aromatic rings. The van der Waals surface area contributed by atoms with Gasteiger partial charge in [-0.2, -0.15) is 8.78 Å². The monoisotopic (exact) mass is 316 g/mol. The molecule has 0 aliphatic rings. The fourth-order valence-electron chi connectivity index (χ4n) is 1.74. The topological polar surface area (TPSA) is 26.3 Å². The third kappa shape index (κ3) is 2.79. The molecule has 0 N–H and O–H groups in total. The molecule has 0 aliphatic heterocycles. The second-order valence-electron chi connectivity index (χ2n) is 4.45. The summed E-state index contributed by atoms with van der Waals surface area (Å²) < 4.78 is 70.2. The van der Waals surface area contributed by atoms with E-state index >= 15 is 0 Å². The standard InChI is InChI=1S/C15H9F5O2/c1-7(8-5-3-2-4-6-8)15(21)22-14-12(19)10(17)9(16)11(18)13(14)20/h2-7H,1H3/t7-/m1/s1. The molecular formula is C15H9F5O2. The van der Waals surface area contributed by atoms with Gasteiger partial charge in [0.15, 0.2) is 0 Å². The van der Waals surface area contributed by atoms with E-state index in [1.165, 1.54) is 6.92 Å². The van der Waals surface area contributed by atoms with Crippen LogP contribution in [0.1, 0.15) is 18.4 Å². The van der Waals surface area contributed by atoms with Gasteiger partial charge in [-0.1, -0.05) is 30.3 Å². The molecule has 0 heterocycles. The van der Waals surface area contributed by atoms with Gasteiger partial charge in [0.05, 0.1) is 5.92 Å². The molecule has 0 fully saturated rings. The number of esters is 1. The quantitative estimate of drug-likeness (QED) is 0.280. The SMILES string of the molecule is C[C@@H](C(=O)Oc1c(F)c(F)c(F)c(F)c1F)c1ccccc1. The van der Waals surface area contributed by atoms with Crippen LogP contribution in [0, 0.1) is 29.1 Å². The highest BCUT2D eigenvalue weighted by Gasteiger charge is 2.29. The van der Waals surface area contributed by atoms with Crippen LogP contribution in [0.15, 0.2) is 30.3 Å². The Kier molecular flexibility index (Phi) is 4.44. The van der Waals surface area contributed by atoms with Gasteiger partial charge in [-0.3, -0.25) is 4.79 Å². The van der Waals surface area contributed by atoms with Gasteiger partial charge in [-0.05, 0) is 12.5 Å². The Morgan fingerprint density at radius 3 is 1.82 bits per heavy atom. The van der Waals surface area contributed by atoms with Crippen molar-refractivity contribution in [3.8, 4) is 5.75 Å². The number of ether oxygens (including phenoxy) is 1. The third-order valence-electron chi connectivity index (χ3n) is 3.03. The molecule has 2 rings (SSSR count). The van der Waals surface area contributed by atoms with Gasteiger partial charge >= 0.3 is 5.97 Å². The van der Waals surface area contributed by atoms with Gasteiger partial charge in [0.25, 0.3) is 0 Å². The summed E-state index contributed by atoms with van der Waals surface area (Å²) in [5.74, 6) is -14.7. The first kappa shape index (κ1) is 15.9. The van der Waals surface area contributed by atoms with E-state index in [1.807, 2.05) is 0 Å². The molecule has 1 atom stereocenters. The summed E-state index contributed by atoms with van der Waals surface area (Å²) in [6.07, 6.45) is 0. The van der Waals surface area contributed by atoms with Crippen LogP contribution in [0.2, 0.25) is 0 Å². The Bertz CT molecular complexity index is 687. The van der Waals surface area contributed by atoms with E-state index in [0.29, 0.717) is 5.56 Å². The van der Waals surface area contributed by atoms with E-state index in [0.717, 1.165) is 0 Å². The van der Waals surface area contributed by atoms with Crippen molar-refractivity contribution in [2.45, 2.75) is 12.8 Å². The van der Waals surface area contributed by atoms with Gasteiger partial charge < -0.3 is 4.74 Å². The van der Waals surface area contributed by atoms with Crippen molar-refractivity contribution in [3.63, 3.8) is 0 Å². The molecule has 22 heavy (non-hydrogen) atoms. The van der Waals surface area contributed by atoms with Crippen molar-refractivity contribution in [2.75, 3.05) is 0 Å². The summed E-state index contributed by atoms with van der Waals surface area (Å²) in [7, 11) is 0. The summed E-state index contributed by atoms with van der Waals surface area (Å²) in [6, 6.07) is 8.05. The molecule has 0 saturated heterocycles. The van der Waals surface area contributed by atoms with Gasteiger partial charge in [0, 0.05) is 0 Å². The minimum Gasteiger partial charge on any atom is -0.420 e. The first-order chi connectivity index (χ1) is 10.3. The van der Waals surface area contributed by atoms with Crippen LogP contribution in [0.3, 0.4) is 0 Å². The summed E-state index contributed by atoms with van der Waals surface area (Å²) in [6.45, 7) is 1.38. The second-order valence-corrected chi connectivity index (χ2v) is 4.45. The molecule has 0 radical (unpaired) electrons. The number of carbonyl (C=O) groups is 1.